The van der Waals surface area contributed by atoms with Gasteiger partial charge in [0.05, 0.1) is 17.3 Å². The second kappa shape index (κ2) is 8.16. The zero-order valence-electron chi connectivity index (χ0n) is 15.8. The molecule has 1 aliphatic heterocycles. The van der Waals surface area contributed by atoms with Gasteiger partial charge in [-0.2, -0.15) is 5.26 Å². The molecule has 0 aromatic heterocycles. The fourth-order valence-electron chi connectivity index (χ4n) is 3.76. The molecule has 3 aromatic carbocycles. The van der Waals surface area contributed by atoms with Crippen molar-refractivity contribution in [1.82, 2.24) is 4.90 Å². The normalized spacial score (nSPS) is 14.6. The molecule has 28 heavy (non-hydrogen) atoms. The van der Waals surface area contributed by atoms with Crippen LogP contribution in [-0.4, -0.2) is 36.2 Å². The standard InChI is InChI=1S/C24H23N3O/c25-17-21-5-1-2-6-22(21)20-11-9-19(10-12-20)18-26-13-15-27(16-14-26)23-7-3-4-8-24(23)28/h1-12,28H,13-16,18H2. The fraction of sp³-hybridized carbons (Fsp3) is 0.208. The molecule has 140 valence electrons. The van der Waals surface area contributed by atoms with Crippen LogP contribution in [0.1, 0.15) is 11.1 Å². The summed E-state index contributed by atoms with van der Waals surface area (Å²) in [4.78, 5) is 4.68. The molecule has 0 saturated carbocycles. The summed E-state index contributed by atoms with van der Waals surface area (Å²) in [5, 5.41) is 19.3. The van der Waals surface area contributed by atoms with E-state index in [-0.39, 0.29) is 0 Å². The number of hydrogen-bond donors (Lipinski definition) is 1. The number of nitriles is 1. The Morgan fingerprint density at radius 1 is 0.821 bits per heavy atom. The van der Waals surface area contributed by atoms with Crippen molar-refractivity contribution in [3.63, 3.8) is 0 Å². The van der Waals surface area contributed by atoms with Gasteiger partial charge in [-0.1, -0.05) is 54.6 Å². The van der Waals surface area contributed by atoms with Gasteiger partial charge in [-0.15, -0.1) is 0 Å². The van der Waals surface area contributed by atoms with Gasteiger partial charge in [-0.3, -0.25) is 4.90 Å². The number of rotatable bonds is 4. The lowest BCUT2D eigenvalue weighted by Gasteiger charge is -2.36. The monoisotopic (exact) mass is 369 g/mol. The third-order valence-electron chi connectivity index (χ3n) is 5.31. The van der Waals surface area contributed by atoms with Gasteiger partial charge < -0.3 is 10.0 Å². The number of aromatic hydroxyl groups is 1. The third-order valence-corrected chi connectivity index (χ3v) is 5.31. The Morgan fingerprint density at radius 2 is 1.50 bits per heavy atom. The molecule has 0 aliphatic carbocycles. The second-order valence-corrected chi connectivity index (χ2v) is 7.11. The summed E-state index contributed by atoms with van der Waals surface area (Å²) in [7, 11) is 0. The first-order valence-corrected chi connectivity index (χ1v) is 9.58. The average Bonchev–Trinajstić information content (AvgIpc) is 2.75. The SMILES string of the molecule is N#Cc1ccccc1-c1ccc(CN2CCN(c3ccccc3O)CC2)cc1. The molecular weight excluding hydrogens is 346 g/mol. The van der Waals surface area contributed by atoms with E-state index in [0.717, 1.165) is 49.5 Å². The van der Waals surface area contributed by atoms with Gasteiger partial charge in [-0.25, -0.2) is 0 Å². The first-order chi connectivity index (χ1) is 13.7. The van der Waals surface area contributed by atoms with Crippen LogP contribution in [-0.2, 0) is 6.54 Å². The number of phenols is 1. The van der Waals surface area contributed by atoms with Gasteiger partial charge in [0, 0.05) is 32.7 Å². The minimum absolute atomic E-state index is 0.351. The fourth-order valence-corrected chi connectivity index (χ4v) is 3.76. The van der Waals surface area contributed by atoms with Crippen molar-refractivity contribution in [2.24, 2.45) is 0 Å². The highest BCUT2D eigenvalue weighted by molar-refractivity contribution is 5.70. The maximum absolute atomic E-state index is 10.0. The van der Waals surface area contributed by atoms with E-state index in [1.165, 1.54) is 5.56 Å². The van der Waals surface area contributed by atoms with Gasteiger partial charge in [0.25, 0.3) is 0 Å². The van der Waals surface area contributed by atoms with E-state index in [1.807, 2.05) is 42.5 Å². The maximum Gasteiger partial charge on any atom is 0.138 e. The Hall–Kier alpha value is -3.29. The van der Waals surface area contributed by atoms with E-state index in [4.69, 9.17) is 0 Å². The molecule has 1 N–H and O–H groups in total. The highest BCUT2D eigenvalue weighted by atomic mass is 16.3. The summed E-state index contributed by atoms with van der Waals surface area (Å²) in [6.45, 7) is 4.66. The van der Waals surface area contributed by atoms with Gasteiger partial charge >= 0.3 is 0 Å². The molecule has 3 aromatic rings. The number of para-hydroxylation sites is 2. The van der Waals surface area contributed by atoms with Crippen LogP contribution >= 0.6 is 0 Å². The average molecular weight is 369 g/mol. The number of phenolic OH excluding ortho intramolecular Hbond substituents is 1. The van der Waals surface area contributed by atoms with Crippen LogP contribution in [0.15, 0.2) is 72.8 Å². The van der Waals surface area contributed by atoms with Crippen LogP contribution in [0.2, 0.25) is 0 Å². The molecule has 1 aliphatic rings. The predicted molar refractivity (Wildman–Crippen MR) is 112 cm³/mol. The molecule has 0 radical (unpaired) electrons. The lowest BCUT2D eigenvalue weighted by atomic mass is 9.99. The molecule has 0 unspecified atom stereocenters. The highest BCUT2D eigenvalue weighted by Crippen LogP contribution is 2.28. The summed E-state index contributed by atoms with van der Waals surface area (Å²) in [5.74, 6) is 0.351. The Bertz CT molecular complexity index is 983. The van der Waals surface area contributed by atoms with Gasteiger partial charge in [0.2, 0.25) is 0 Å². The van der Waals surface area contributed by atoms with Gasteiger partial charge in [-0.05, 0) is 34.9 Å². The summed E-state index contributed by atoms with van der Waals surface area (Å²) >= 11 is 0. The summed E-state index contributed by atoms with van der Waals surface area (Å²) in [6.07, 6.45) is 0. The lowest BCUT2D eigenvalue weighted by molar-refractivity contribution is 0.249. The van der Waals surface area contributed by atoms with E-state index >= 15 is 0 Å². The smallest absolute Gasteiger partial charge is 0.138 e. The van der Waals surface area contributed by atoms with Crippen LogP contribution in [0.4, 0.5) is 5.69 Å². The molecule has 0 atom stereocenters. The van der Waals surface area contributed by atoms with Gasteiger partial charge in [0.1, 0.15) is 5.75 Å². The first-order valence-electron chi connectivity index (χ1n) is 9.58. The summed E-state index contributed by atoms with van der Waals surface area (Å²) in [5.41, 5.74) is 4.95. The number of anilines is 1. The van der Waals surface area contributed by atoms with Crippen molar-refractivity contribution in [2.45, 2.75) is 6.54 Å². The number of nitrogens with zero attached hydrogens (tertiary/aromatic N) is 3. The Kier molecular flexibility index (Phi) is 5.27. The van der Waals surface area contributed by atoms with Crippen LogP contribution in [0.25, 0.3) is 11.1 Å². The third kappa shape index (κ3) is 3.85. The van der Waals surface area contributed by atoms with Crippen LogP contribution in [0.5, 0.6) is 5.75 Å². The predicted octanol–water partition coefficient (Wildman–Crippen LogP) is 4.25. The second-order valence-electron chi connectivity index (χ2n) is 7.11. The number of piperazine rings is 1. The van der Waals surface area contributed by atoms with Crippen molar-refractivity contribution in [3.8, 4) is 22.9 Å². The molecule has 0 amide bonds. The topological polar surface area (TPSA) is 50.5 Å². The van der Waals surface area contributed by atoms with Crippen molar-refractivity contribution < 1.29 is 5.11 Å². The van der Waals surface area contributed by atoms with E-state index < -0.39 is 0 Å². The van der Waals surface area contributed by atoms with E-state index in [9.17, 15) is 10.4 Å². The van der Waals surface area contributed by atoms with Crippen LogP contribution < -0.4 is 4.90 Å². The van der Waals surface area contributed by atoms with E-state index in [1.54, 1.807) is 6.07 Å². The Labute approximate surface area is 165 Å². The minimum atomic E-state index is 0.351. The Morgan fingerprint density at radius 3 is 2.21 bits per heavy atom. The molecule has 1 heterocycles. The zero-order chi connectivity index (χ0) is 19.3. The largest absolute Gasteiger partial charge is 0.506 e. The number of hydrogen-bond acceptors (Lipinski definition) is 4. The molecule has 1 saturated heterocycles. The first kappa shape index (κ1) is 18.1. The lowest BCUT2D eigenvalue weighted by Crippen LogP contribution is -2.45. The number of benzene rings is 3. The summed E-state index contributed by atoms with van der Waals surface area (Å²) in [6, 6.07) is 26.0. The molecule has 4 heteroatoms. The van der Waals surface area contributed by atoms with Crippen molar-refractivity contribution in [3.05, 3.63) is 83.9 Å². The van der Waals surface area contributed by atoms with E-state index in [0.29, 0.717) is 11.3 Å². The Balaban J connectivity index is 1.38. The molecule has 1 fully saturated rings. The van der Waals surface area contributed by atoms with Crippen LogP contribution in [0, 0.1) is 11.3 Å². The zero-order valence-corrected chi connectivity index (χ0v) is 15.8. The molecular formula is C24H23N3O. The highest BCUT2D eigenvalue weighted by Gasteiger charge is 2.19. The van der Waals surface area contributed by atoms with Crippen molar-refractivity contribution in [1.29, 1.82) is 5.26 Å². The van der Waals surface area contributed by atoms with Gasteiger partial charge in [0.15, 0.2) is 0 Å². The van der Waals surface area contributed by atoms with Crippen molar-refractivity contribution in [2.75, 3.05) is 31.1 Å². The quantitative estimate of drug-likeness (QED) is 0.747. The molecule has 4 nitrogen and oxygen atoms in total. The molecule has 0 bridgehead atoms. The van der Waals surface area contributed by atoms with Crippen LogP contribution in [0.3, 0.4) is 0 Å². The van der Waals surface area contributed by atoms with Crippen molar-refractivity contribution >= 4 is 5.69 Å². The summed E-state index contributed by atoms with van der Waals surface area (Å²) < 4.78 is 0. The van der Waals surface area contributed by atoms with E-state index in [2.05, 4.69) is 40.1 Å². The maximum atomic E-state index is 10.0. The molecule has 0 spiro atoms. The molecule has 4 rings (SSSR count). The minimum Gasteiger partial charge on any atom is -0.506 e.